The lowest BCUT2D eigenvalue weighted by Gasteiger charge is -2.32. The van der Waals surface area contributed by atoms with Crippen LogP contribution in [0.1, 0.15) is 84.9 Å². The molecule has 0 spiro atoms. The third-order valence-electron chi connectivity index (χ3n) is 8.13. The Morgan fingerprint density at radius 1 is 0.605 bits per heavy atom. The fraction of sp³-hybridized carbons (Fsp3) is 0.438. The van der Waals surface area contributed by atoms with Crippen LogP contribution in [0.3, 0.4) is 0 Å². The Morgan fingerprint density at radius 3 is 1.34 bits per heavy atom. The summed E-state index contributed by atoms with van der Waals surface area (Å²) < 4.78 is 64.8. The zero-order valence-corrected chi connectivity index (χ0v) is 24.4. The lowest BCUT2D eigenvalue weighted by atomic mass is 9.33. The van der Waals surface area contributed by atoms with E-state index in [1.165, 1.54) is 0 Å². The van der Waals surface area contributed by atoms with E-state index in [1.807, 2.05) is 79.7 Å². The van der Waals surface area contributed by atoms with Crippen LogP contribution in [0.5, 0.6) is 0 Å². The van der Waals surface area contributed by atoms with Gasteiger partial charge in [0.25, 0.3) is 6.71 Å². The molecule has 0 radical (unpaired) electrons. The SMILES string of the molecule is BC(CCC)(CCCC)c1c(F)c(F)c(B(c2c(C)cc(C)cc2C)c2c(C)cc(C)cc2C)c(F)c1F. The molecule has 0 fully saturated rings. The number of aryl methyl sites for hydroxylation is 6. The Balaban J connectivity index is 2.47. The van der Waals surface area contributed by atoms with E-state index in [2.05, 4.69) is 0 Å². The van der Waals surface area contributed by atoms with E-state index >= 15 is 17.6 Å². The number of rotatable bonds is 9. The van der Waals surface area contributed by atoms with Gasteiger partial charge < -0.3 is 0 Å². The van der Waals surface area contributed by atoms with Crippen molar-refractivity contribution in [2.24, 2.45) is 0 Å². The standard InChI is InChI=1S/C32H40B2F4/c1-9-11-13-32(33,12-10-2)24-28(35)30(37)27(31(38)29(24)36)34(25-20(5)14-18(3)15-21(25)6)26-22(7)16-19(4)17-23(26)8/h14-17H,9-13,33H2,1-8H3. The Morgan fingerprint density at radius 2 is 1.00 bits per heavy atom. The summed E-state index contributed by atoms with van der Waals surface area (Å²) in [7, 11) is 1.73. The molecule has 202 valence electrons. The number of hydrogen-bond acceptors (Lipinski definition) is 0. The molecule has 38 heavy (non-hydrogen) atoms. The molecule has 3 aromatic carbocycles. The Labute approximate surface area is 227 Å². The van der Waals surface area contributed by atoms with Gasteiger partial charge in [-0.25, -0.2) is 17.6 Å². The lowest BCUT2D eigenvalue weighted by molar-refractivity contribution is 0.392. The number of hydrogen-bond donors (Lipinski definition) is 0. The normalized spacial score (nSPS) is 13.1. The quantitative estimate of drug-likeness (QED) is 0.173. The second kappa shape index (κ2) is 11.7. The molecular formula is C32H40B2F4. The van der Waals surface area contributed by atoms with E-state index in [0.717, 1.165) is 39.8 Å². The van der Waals surface area contributed by atoms with Gasteiger partial charge in [-0.2, -0.15) is 0 Å². The van der Waals surface area contributed by atoms with Crippen LogP contribution in [-0.4, -0.2) is 14.6 Å². The van der Waals surface area contributed by atoms with Gasteiger partial charge in [0.1, 0.15) is 7.85 Å². The highest BCUT2D eigenvalue weighted by molar-refractivity contribution is 6.96. The van der Waals surface area contributed by atoms with Crippen LogP contribution in [0.2, 0.25) is 0 Å². The summed E-state index contributed by atoms with van der Waals surface area (Å²) >= 11 is 0. The minimum absolute atomic E-state index is 0.439. The zero-order valence-electron chi connectivity index (χ0n) is 24.4. The van der Waals surface area contributed by atoms with Gasteiger partial charge >= 0.3 is 0 Å². The maximum absolute atomic E-state index is 16.3. The smallest absolute Gasteiger partial charge is 0.204 e. The van der Waals surface area contributed by atoms with Crippen molar-refractivity contribution in [3.05, 3.63) is 86.5 Å². The molecular weight excluding hydrogens is 482 g/mol. The lowest BCUT2D eigenvalue weighted by Crippen LogP contribution is -2.58. The van der Waals surface area contributed by atoms with E-state index in [9.17, 15) is 0 Å². The minimum Gasteiger partial charge on any atom is -0.204 e. The highest BCUT2D eigenvalue weighted by Crippen LogP contribution is 2.36. The highest BCUT2D eigenvalue weighted by atomic mass is 19.2. The predicted molar refractivity (Wildman–Crippen MR) is 157 cm³/mol. The third-order valence-corrected chi connectivity index (χ3v) is 8.13. The summed E-state index contributed by atoms with van der Waals surface area (Å²) in [4.78, 5) is 0. The summed E-state index contributed by atoms with van der Waals surface area (Å²) in [6, 6.07) is 7.81. The zero-order chi connectivity index (χ0) is 28.5. The highest BCUT2D eigenvalue weighted by Gasteiger charge is 2.41. The van der Waals surface area contributed by atoms with Gasteiger partial charge in [-0.3, -0.25) is 0 Å². The van der Waals surface area contributed by atoms with Crippen LogP contribution in [0.25, 0.3) is 0 Å². The summed E-state index contributed by atoms with van der Waals surface area (Å²) in [6.45, 7) is 14.4. The van der Waals surface area contributed by atoms with Crippen molar-refractivity contribution in [1.29, 1.82) is 0 Å². The second-order valence-electron chi connectivity index (χ2n) is 11.5. The molecule has 3 rings (SSSR count). The average Bonchev–Trinajstić information content (AvgIpc) is 2.80. The Kier molecular flexibility index (Phi) is 9.27. The van der Waals surface area contributed by atoms with Crippen molar-refractivity contribution in [2.75, 3.05) is 0 Å². The van der Waals surface area contributed by atoms with Gasteiger partial charge in [-0.05, 0) is 46.9 Å². The van der Waals surface area contributed by atoms with Crippen LogP contribution < -0.4 is 16.4 Å². The van der Waals surface area contributed by atoms with E-state index in [4.69, 9.17) is 0 Å². The van der Waals surface area contributed by atoms with Crippen molar-refractivity contribution in [3.8, 4) is 0 Å². The second-order valence-corrected chi connectivity index (χ2v) is 11.5. The van der Waals surface area contributed by atoms with E-state index in [1.54, 1.807) is 7.85 Å². The number of unbranched alkanes of at least 4 members (excludes halogenated alkanes) is 1. The molecule has 0 bridgehead atoms. The van der Waals surface area contributed by atoms with Gasteiger partial charge in [-0.15, -0.1) is 0 Å². The molecule has 0 aliphatic rings. The van der Waals surface area contributed by atoms with Crippen LogP contribution in [-0.2, 0) is 5.31 Å². The van der Waals surface area contributed by atoms with Gasteiger partial charge in [-0.1, -0.05) is 115 Å². The van der Waals surface area contributed by atoms with Crippen molar-refractivity contribution in [1.82, 2.24) is 0 Å². The molecule has 1 unspecified atom stereocenters. The molecule has 0 aliphatic carbocycles. The number of benzene rings is 3. The first-order valence-corrected chi connectivity index (χ1v) is 13.8. The molecule has 0 heterocycles. The van der Waals surface area contributed by atoms with Crippen molar-refractivity contribution in [2.45, 2.75) is 92.8 Å². The fourth-order valence-corrected chi connectivity index (χ4v) is 6.65. The fourth-order valence-electron chi connectivity index (χ4n) is 6.65. The summed E-state index contributed by atoms with van der Waals surface area (Å²) in [5, 5.41) is -1.000. The molecule has 6 heteroatoms. The monoisotopic (exact) mass is 522 g/mol. The minimum atomic E-state index is -1.29. The molecule has 3 aromatic rings. The van der Waals surface area contributed by atoms with Gasteiger partial charge in [0.15, 0.2) is 23.3 Å². The maximum Gasteiger partial charge on any atom is 0.250 e. The van der Waals surface area contributed by atoms with Crippen LogP contribution in [0.4, 0.5) is 17.6 Å². The molecule has 0 saturated carbocycles. The molecule has 1 atom stereocenters. The average molecular weight is 522 g/mol. The largest absolute Gasteiger partial charge is 0.250 e. The van der Waals surface area contributed by atoms with E-state index in [-0.39, 0.29) is 0 Å². The first-order chi connectivity index (χ1) is 17.8. The first kappa shape index (κ1) is 30.1. The molecule has 0 saturated heterocycles. The van der Waals surface area contributed by atoms with E-state index < -0.39 is 46.3 Å². The Bertz CT molecular complexity index is 1220. The van der Waals surface area contributed by atoms with Gasteiger partial charge in [0, 0.05) is 11.0 Å². The molecule has 0 N–H and O–H groups in total. The van der Waals surface area contributed by atoms with Crippen LogP contribution >= 0.6 is 0 Å². The van der Waals surface area contributed by atoms with Crippen molar-refractivity contribution in [3.63, 3.8) is 0 Å². The maximum atomic E-state index is 16.3. The third kappa shape index (κ3) is 5.46. The van der Waals surface area contributed by atoms with E-state index in [0.29, 0.717) is 36.6 Å². The Hall–Kier alpha value is -2.49. The predicted octanol–water partition coefficient (Wildman–Crippen LogP) is 6.43. The van der Waals surface area contributed by atoms with Gasteiger partial charge in [0.05, 0.1) is 0 Å². The van der Waals surface area contributed by atoms with Crippen molar-refractivity contribution >= 4 is 30.9 Å². The summed E-state index contributed by atoms with van der Waals surface area (Å²) in [5.74, 6) is -5.11. The van der Waals surface area contributed by atoms with Crippen LogP contribution in [0, 0.1) is 64.8 Å². The molecule has 0 amide bonds. The van der Waals surface area contributed by atoms with Crippen molar-refractivity contribution < 1.29 is 17.6 Å². The molecule has 0 aromatic heterocycles. The molecule has 0 nitrogen and oxygen atoms in total. The molecule has 0 aliphatic heterocycles. The van der Waals surface area contributed by atoms with Crippen LogP contribution in [0.15, 0.2) is 24.3 Å². The van der Waals surface area contributed by atoms with Gasteiger partial charge in [0.2, 0.25) is 0 Å². The topological polar surface area (TPSA) is 0 Å². The summed E-state index contributed by atoms with van der Waals surface area (Å²) in [6.07, 6.45) is 3.09. The first-order valence-electron chi connectivity index (χ1n) is 13.8. The summed E-state index contributed by atoms with van der Waals surface area (Å²) in [5.41, 5.74) is 5.68. The number of halogens is 4.